The van der Waals surface area contributed by atoms with Gasteiger partial charge in [0.1, 0.15) is 5.76 Å². The van der Waals surface area contributed by atoms with E-state index in [1.165, 1.54) is 43.6 Å². The van der Waals surface area contributed by atoms with Gasteiger partial charge in [0.05, 0.1) is 43.2 Å². The van der Waals surface area contributed by atoms with Crippen LogP contribution in [0.2, 0.25) is 0 Å². The Morgan fingerprint density at radius 2 is 1.73 bits per heavy atom. The van der Waals surface area contributed by atoms with Crippen molar-refractivity contribution in [1.82, 2.24) is 4.98 Å². The Hall–Kier alpha value is -4.31. The van der Waals surface area contributed by atoms with Crippen molar-refractivity contribution >= 4 is 38.4 Å². The van der Waals surface area contributed by atoms with Crippen LogP contribution in [0.25, 0.3) is 10.2 Å². The summed E-state index contributed by atoms with van der Waals surface area (Å²) in [4.78, 5) is 33.1. The standard InChI is InChI=1S/C27H24N2O7S/c1-13-6-8-16-20(10-13)37-27(28-16)29-22(15-11-18(33-3)25(35-5)19(12-15)34-4)21(24(31)26(29)32)23(30)17-9-7-14(2)36-17/h6-12,22,31H,1-5H3. The highest BCUT2D eigenvalue weighted by atomic mass is 32.1. The zero-order valence-corrected chi connectivity index (χ0v) is 21.6. The van der Waals surface area contributed by atoms with Gasteiger partial charge >= 0.3 is 0 Å². The molecular weight excluding hydrogens is 496 g/mol. The Kier molecular flexibility index (Phi) is 6.12. The number of aliphatic hydroxyl groups is 1. The van der Waals surface area contributed by atoms with Gasteiger partial charge in [-0.1, -0.05) is 17.4 Å². The van der Waals surface area contributed by atoms with Gasteiger partial charge in [-0.2, -0.15) is 0 Å². The van der Waals surface area contributed by atoms with Crippen LogP contribution in [0, 0.1) is 13.8 Å². The lowest BCUT2D eigenvalue weighted by molar-refractivity contribution is -0.117. The minimum Gasteiger partial charge on any atom is -0.503 e. The van der Waals surface area contributed by atoms with E-state index >= 15 is 0 Å². The fraction of sp³-hybridized carbons (Fsp3) is 0.222. The van der Waals surface area contributed by atoms with Gasteiger partial charge in [0.15, 0.2) is 28.1 Å². The fourth-order valence-corrected chi connectivity index (χ4v) is 5.51. The maximum absolute atomic E-state index is 13.6. The van der Waals surface area contributed by atoms with Crippen molar-refractivity contribution in [1.29, 1.82) is 0 Å². The largest absolute Gasteiger partial charge is 0.503 e. The van der Waals surface area contributed by atoms with Crippen LogP contribution < -0.4 is 19.1 Å². The Morgan fingerprint density at radius 1 is 1.03 bits per heavy atom. The molecule has 3 heterocycles. The summed E-state index contributed by atoms with van der Waals surface area (Å²) >= 11 is 1.29. The number of fused-ring (bicyclic) bond motifs is 1. The molecule has 1 atom stereocenters. The molecule has 2 aromatic carbocycles. The number of hydrogen-bond acceptors (Lipinski definition) is 9. The summed E-state index contributed by atoms with van der Waals surface area (Å²) in [6.45, 7) is 3.67. The van der Waals surface area contributed by atoms with E-state index in [0.29, 0.717) is 39.2 Å². The molecule has 0 saturated carbocycles. The summed E-state index contributed by atoms with van der Waals surface area (Å²) in [5, 5.41) is 11.4. The summed E-state index contributed by atoms with van der Waals surface area (Å²) in [5.41, 5.74) is 2.06. The molecule has 37 heavy (non-hydrogen) atoms. The molecule has 1 aliphatic heterocycles. The van der Waals surface area contributed by atoms with Gasteiger partial charge in [-0.15, -0.1) is 0 Å². The smallest absolute Gasteiger partial charge is 0.296 e. The van der Waals surface area contributed by atoms with Crippen LogP contribution in [-0.2, 0) is 4.79 Å². The summed E-state index contributed by atoms with van der Waals surface area (Å²) in [6, 6.07) is 11.2. The molecule has 0 radical (unpaired) electrons. The van der Waals surface area contributed by atoms with Crippen molar-refractivity contribution in [2.24, 2.45) is 0 Å². The Morgan fingerprint density at radius 3 is 2.32 bits per heavy atom. The zero-order valence-electron chi connectivity index (χ0n) is 20.8. The van der Waals surface area contributed by atoms with E-state index < -0.39 is 23.5 Å². The zero-order chi connectivity index (χ0) is 26.4. The van der Waals surface area contributed by atoms with Gasteiger partial charge in [-0.3, -0.25) is 14.5 Å². The third-order valence-electron chi connectivity index (χ3n) is 6.16. The molecule has 0 fully saturated rings. The number of aliphatic hydroxyl groups excluding tert-OH is 1. The number of hydrogen-bond donors (Lipinski definition) is 1. The third kappa shape index (κ3) is 3.99. The van der Waals surface area contributed by atoms with E-state index in [2.05, 4.69) is 4.98 Å². The number of anilines is 1. The van der Waals surface area contributed by atoms with Crippen molar-refractivity contribution in [2.75, 3.05) is 26.2 Å². The fourth-order valence-electron chi connectivity index (χ4n) is 4.42. The predicted molar refractivity (Wildman–Crippen MR) is 138 cm³/mol. The molecule has 0 aliphatic carbocycles. The number of amides is 1. The van der Waals surface area contributed by atoms with Crippen LogP contribution in [0.3, 0.4) is 0 Å². The van der Waals surface area contributed by atoms with Crippen LogP contribution in [0.15, 0.2) is 58.2 Å². The second-order valence-electron chi connectivity index (χ2n) is 8.51. The SMILES string of the molecule is COc1cc(C2C(C(=O)c3ccc(C)o3)=C(O)C(=O)N2c2nc3ccc(C)cc3s2)cc(OC)c1OC. The first-order valence-corrected chi connectivity index (χ1v) is 12.1. The monoisotopic (exact) mass is 520 g/mol. The normalized spacial score (nSPS) is 15.5. The molecule has 9 nitrogen and oxygen atoms in total. The van der Waals surface area contributed by atoms with E-state index in [9.17, 15) is 14.7 Å². The quantitative estimate of drug-likeness (QED) is 0.326. The number of rotatable bonds is 7. The van der Waals surface area contributed by atoms with E-state index in [4.69, 9.17) is 18.6 Å². The Bertz CT molecular complexity index is 1560. The average Bonchev–Trinajstić information content (AvgIpc) is 3.58. The molecule has 1 unspecified atom stereocenters. The molecule has 4 aromatic rings. The van der Waals surface area contributed by atoms with Crippen molar-refractivity contribution in [3.05, 3.63) is 76.4 Å². The lowest BCUT2D eigenvalue weighted by Crippen LogP contribution is -2.31. The van der Waals surface area contributed by atoms with Gasteiger partial charge in [0, 0.05) is 0 Å². The van der Waals surface area contributed by atoms with Crippen LogP contribution in [0.5, 0.6) is 17.2 Å². The maximum Gasteiger partial charge on any atom is 0.296 e. The lowest BCUT2D eigenvalue weighted by Gasteiger charge is -2.25. The molecular formula is C27H24N2O7S. The van der Waals surface area contributed by atoms with Gasteiger partial charge in [-0.05, 0) is 61.4 Å². The maximum atomic E-state index is 13.6. The van der Waals surface area contributed by atoms with Crippen LogP contribution in [-0.4, -0.2) is 43.1 Å². The number of ether oxygens (including phenoxy) is 3. The summed E-state index contributed by atoms with van der Waals surface area (Å²) in [6.07, 6.45) is 0. The number of aryl methyl sites for hydroxylation is 2. The minimum absolute atomic E-state index is 0.00562. The van der Waals surface area contributed by atoms with Crippen molar-refractivity contribution in [3.8, 4) is 17.2 Å². The van der Waals surface area contributed by atoms with Crippen molar-refractivity contribution in [2.45, 2.75) is 19.9 Å². The molecule has 5 rings (SSSR count). The highest BCUT2D eigenvalue weighted by Gasteiger charge is 2.47. The number of carbonyl (C=O) groups is 2. The van der Waals surface area contributed by atoms with Crippen LogP contribution in [0.1, 0.15) is 33.5 Å². The molecule has 0 spiro atoms. The average molecular weight is 521 g/mol. The van der Waals surface area contributed by atoms with Gasteiger partial charge < -0.3 is 23.7 Å². The molecule has 1 N–H and O–H groups in total. The number of thiazole rings is 1. The Balaban J connectivity index is 1.74. The number of Topliss-reactive ketones (excluding diaryl/α,β-unsaturated/α-hetero) is 1. The highest BCUT2D eigenvalue weighted by molar-refractivity contribution is 7.22. The molecule has 190 valence electrons. The number of methoxy groups -OCH3 is 3. The number of nitrogens with zero attached hydrogens (tertiary/aromatic N) is 2. The van der Waals surface area contributed by atoms with Crippen LogP contribution >= 0.6 is 11.3 Å². The molecule has 2 aromatic heterocycles. The van der Waals surface area contributed by atoms with Gasteiger partial charge in [0.25, 0.3) is 5.91 Å². The summed E-state index contributed by atoms with van der Waals surface area (Å²) in [5.74, 6) is -0.497. The number of carbonyl (C=O) groups excluding carboxylic acids is 2. The first-order chi connectivity index (χ1) is 17.8. The third-order valence-corrected chi connectivity index (χ3v) is 7.18. The Labute approximate surface area is 216 Å². The second kappa shape index (κ2) is 9.29. The minimum atomic E-state index is -1.04. The van der Waals surface area contributed by atoms with Crippen molar-refractivity contribution in [3.63, 3.8) is 0 Å². The molecule has 1 aliphatic rings. The number of benzene rings is 2. The van der Waals surface area contributed by atoms with E-state index in [1.54, 1.807) is 25.1 Å². The molecule has 0 bridgehead atoms. The first-order valence-electron chi connectivity index (χ1n) is 11.3. The van der Waals surface area contributed by atoms with Crippen molar-refractivity contribution < 1.29 is 33.3 Å². The second-order valence-corrected chi connectivity index (χ2v) is 9.51. The highest BCUT2D eigenvalue weighted by Crippen LogP contribution is 2.48. The van der Waals surface area contributed by atoms with Gasteiger partial charge in [0.2, 0.25) is 11.5 Å². The molecule has 10 heteroatoms. The number of furan rings is 1. The number of aromatic nitrogens is 1. The topological polar surface area (TPSA) is 111 Å². The van der Waals surface area contributed by atoms with E-state index in [-0.39, 0.29) is 11.3 Å². The summed E-state index contributed by atoms with van der Waals surface area (Å²) < 4.78 is 22.9. The van der Waals surface area contributed by atoms with E-state index in [1.807, 2.05) is 25.1 Å². The van der Waals surface area contributed by atoms with Crippen LogP contribution in [0.4, 0.5) is 5.13 Å². The lowest BCUT2D eigenvalue weighted by atomic mass is 9.94. The summed E-state index contributed by atoms with van der Waals surface area (Å²) in [7, 11) is 4.42. The molecule has 0 saturated heterocycles. The molecule has 1 amide bonds. The predicted octanol–water partition coefficient (Wildman–Crippen LogP) is 5.31. The number of ketones is 1. The first kappa shape index (κ1) is 24.4. The van der Waals surface area contributed by atoms with Gasteiger partial charge in [-0.25, -0.2) is 4.98 Å². The van der Waals surface area contributed by atoms with E-state index in [0.717, 1.165) is 10.3 Å².